The Labute approximate surface area is 338 Å². The second kappa shape index (κ2) is 39.2. The average molecular weight is 811 g/mol. The molecule has 0 saturated heterocycles. The summed E-state index contributed by atoms with van der Waals surface area (Å²) < 4.78 is 32.6. The topological polar surface area (TPSA) is 169 Å². The van der Waals surface area contributed by atoms with E-state index < -0.39 is 57.9 Å². The molecule has 0 radical (unpaired) electrons. The van der Waals surface area contributed by atoms with E-state index in [-0.39, 0.29) is 19.4 Å². The van der Waals surface area contributed by atoms with Crippen molar-refractivity contribution in [2.45, 2.75) is 167 Å². The molecule has 322 valence electrons. The number of phosphoric ester groups is 1. The lowest BCUT2D eigenvalue weighted by molar-refractivity contribution is -0.161. The van der Waals surface area contributed by atoms with Crippen molar-refractivity contribution in [3.63, 3.8) is 0 Å². The molecule has 0 aromatic carbocycles. The van der Waals surface area contributed by atoms with Crippen LogP contribution in [-0.2, 0) is 32.7 Å². The second-order valence-electron chi connectivity index (χ2n) is 13.8. The first-order chi connectivity index (χ1) is 27.1. The largest absolute Gasteiger partial charge is 0.472 e. The number of ether oxygens (including phenoxy) is 2. The second-order valence-corrected chi connectivity index (χ2v) is 15.3. The Morgan fingerprint density at radius 1 is 0.625 bits per heavy atom. The van der Waals surface area contributed by atoms with E-state index in [0.717, 1.165) is 51.4 Å². The third-order valence-electron chi connectivity index (χ3n) is 8.42. The Balaban J connectivity index is 4.46. The van der Waals surface area contributed by atoms with Crippen molar-refractivity contribution in [3.05, 3.63) is 72.9 Å². The van der Waals surface area contributed by atoms with Gasteiger partial charge in [0.15, 0.2) is 6.10 Å². The van der Waals surface area contributed by atoms with Crippen LogP contribution in [0.1, 0.15) is 149 Å². The van der Waals surface area contributed by atoms with Gasteiger partial charge in [0.05, 0.1) is 25.9 Å². The number of hydrogen-bond acceptors (Lipinski definition) is 10. The molecule has 0 fully saturated rings. The molecule has 4 N–H and O–H groups in total. The Kier molecular flexibility index (Phi) is 37.4. The first-order valence-electron chi connectivity index (χ1n) is 21.0. The summed E-state index contributed by atoms with van der Waals surface area (Å²) in [6.45, 7) is 2.03. The fourth-order valence-corrected chi connectivity index (χ4v) is 5.95. The molecule has 0 spiro atoms. The zero-order valence-corrected chi connectivity index (χ0v) is 35.3. The van der Waals surface area contributed by atoms with Gasteiger partial charge in [-0.2, -0.15) is 0 Å². The van der Waals surface area contributed by atoms with Crippen LogP contribution in [0.3, 0.4) is 0 Å². The number of carbonyl (C=O) groups excluding carboxylic acids is 2. The van der Waals surface area contributed by atoms with Gasteiger partial charge in [-0.1, -0.05) is 138 Å². The van der Waals surface area contributed by atoms with Crippen LogP contribution in [0.5, 0.6) is 0 Å². The van der Waals surface area contributed by atoms with Gasteiger partial charge in [-0.05, 0) is 70.6 Å². The van der Waals surface area contributed by atoms with Gasteiger partial charge in [-0.3, -0.25) is 18.6 Å². The summed E-state index contributed by atoms with van der Waals surface area (Å²) in [4.78, 5) is 34.9. The minimum Gasteiger partial charge on any atom is -0.462 e. The summed E-state index contributed by atoms with van der Waals surface area (Å²) in [5.74, 6) is -1.03. The van der Waals surface area contributed by atoms with E-state index in [9.17, 15) is 29.3 Å². The molecule has 4 atom stereocenters. The van der Waals surface area contributed by atoms with E-state index in [4.69, 9.17) is 19.1 Å². The maximum absolute atomic E-state index is 12.6. The predicted molar refractivity (Wildman–Crippen MR) is 225 cm³/mol. The molecule has 2 unspecified atom stereocenters. The molecule has 0 rings (SSSR count). The van der Waals surface area contributed by atoms with Crippen molar-refractivity contribution in [3.8, 4) is 0 Å². The molecule has 11 nitrogen and oxygen atoms in total. The minimum absolute atomic E-state index is 0.141. The molecule has 0 bridgehead atoms. The number of allylic oxidation sites excluding steroid dienone is 10. The van der Waals surface area contributed by atoms with Crippen LogP contribution >= 0.6 is 7.82 Å². The third-order valence-corrected chi connectivity index (χ3v) is 9.37. The highest BCUT2D eigenvalue weighted by Gasteiger charge is 2.27. The van der Waals surface area contributed by atoms with Crippen LogP contribution in [-0.4, -0.2) is 76.9 Å². The molecule has 0 aromatic rings. The van der Waals surface area contributed by atoms with Crippen LogP contribution in [0.15, 0.2) is 72.9 Å². The number of rotatable bonds is 38. The van der Waals surface area contributed by atoms with E-state index in [1.165, 1.54) is 44.9 Å². The molecule has 0 aliphatic rings. The van der Waals surface area contributed by atoms with Gasteiger partial charge in [0, 0.05) is 12.8 Å². The summed E-state index contributed by atoms with van der Waals surface area (Å²) in [6.07, 6.45) is 40.7. The lowest BCUT2D eigenvalue weighted by Crippen LogP contribution is -2.29. The molecule has 0 heterocycles. The Morgan fingerprint density at radius 3 is 1.86 bits per heavy atom. The lowest BCUT2D eigenvalue weighted by atomic mass is 10.1. The molecule has 56 heavy (non-hydrogen) atoms. The van der Waals surface area contributed by atoms with Gasteiger partial charge in [0.2, 0.25) is 0 Å². The smallest absolute Gasteiger partial charge is 0.462 e. The van der Waals surface area contributed by atoms with Crippen molar-refractivity contribution in [1.82, 2.24) is 0 Å². The number of phosphoric acid groups is 1. The van der Waals surface area contributed by atoms with Crippen molar-refractivity contribution in [2.24, 2.45) is 0 Å². The van der Waals surface area contributed by atoms with E-state index in [0.29, 0.717) is 25.7 Å². The van der Waals surface area contributed by atoms with E-state index >= 15 is 0 Å². The van der Waals surface area contributed by atoms with E-state index in [1.54, 1.807) is 6.08 Å². The highest BCUT2D eigenvalue weighted by atomic mass is 31.2. The van der Waals surface area contributed by atoms with Crippen LogP contribution in [0.4, 0.5) is 0 Å². The van der Waals surface area contributed by atoms with Crippen LogP contribution in [0.2, 0.25) is 0 Å². The van der Waals surface area contributed by atoms with Crippen molar-refractivity contribution in [2.75, 3.05) is 26.4 Å². The average Bonchev–Trinajstić information content (AvgIpc) is 3.18. The number of hydrogen-bond donors (Lipinski definition) is 4. The minimum atomic E-state index is -4.64. The summed E-state index contributed by atoms with van der Waals surface area (Å²) in [5, 5.41) is 28.1. The maximum atomic E-state index is 12.6. The molecule has 0 aliphatic heterocycles. The van der Waals surface area contributed by atoms with Crippen molar-refractivity contribution < 1.29 is 52.9 Å². The SMILES string of the molecule is CC/C=C\C(O)C/C=C/C=C\C/C=C\C/C=C\CCCC(=O)OC[C@H](COP(=O)(O)OC[C@@H](O)CO)OC(=O)CCCCCCCCC/C=C\CCCCCC. The number of unbranched alkanes of at least 4 members (excludes halogenated alkanes) is 12. The van der Waals surface area contributed by atoms with Crippen LogP contribution in [0, 0.1) is 0 Å². The quantitative estimate of drug-likeness (QED) is 0.0154. The van der Waals surface area contributed by atoms with Gasteiger partial charge in [0.1, 0.15) is 12.7 Å². The van der Waals surface area contributed by atoms with Crippen LogP contribution < -0.4 is 0 Å². The normalized spacial score (nSPS) is 15.2. The molecule has 0 aromatic heterocycles. The highest BCUT2D eigenvalue weighted by Crippen LogP contribution is 2.43. The highest BCUT2D eigenvalue weighted by molar-refractivity contribution is 7.47. The molecule has 0 amide bonds. The van der Waals surface area contributed by atoms with Gasteiger partial charge in [0.25, 0.3) is 0 Å². The van der Waals surface area contributed by atoms with Crippen molar-refractivity contribution in [1.29, 1.82) is 0 Å². The summed E-state index contributed by atoms with van der Waals surface area (Å²) in [7, 11) is -4.64. The Morgan fingerprint density at radius 2 is 1.18 bits per heavy atom. The first kappa shape index (κ1) is 53.4. The molecular formula is C44H75O11P. The Bertz CT molecular complexity index is 1180. The third kappa shape index (κ3) is 38.3. The van der Waals surface area contributed by atoms with Gasteiger partial charge >= 0.3 is 19.8 Å². The number of aliphatic hydroxyl groups excluding tert-OH is 3. The fourth-order valence-electron chi connectivity index (χ4n) is 5.16. The van der Waals surface area contributed by atoms with Crippen molar-refractivity contribution >= 4 is 19.8 Å². The number of aliphatic hydroxyl groups is 3. The molecule has 12 heteroatoms. The summed E-state index contributed by atoms with van der Waals surface area (Å²) >= 11 is 0. The van der Waals surface area contributed by atoms with E-state index in [2.05, 4.69) is 35.8 Å². The standard InChI is InChI=1S/C44H75O11P/c1-3-5-7-8-9-10-11-12-13-14-19-22-25-28-31-35-44(49)55-42(39-54-56(50,51)53-37-41(47)36-45)38-52-43(48)34-30-27-24-21-18-16-15-17-20-23-26-29-33-40(46)32-6-4-2/h6,10-11,15-16,20-21,23-24,26,29,32,40-42,45-47H,3-5,7-9,12-14,17-19,22,25,27-28,30-31,33-39H2,1-2H3,(H,50,51)/b11-10-,16-15-,23-20-,24-21-,29-26+,32-6-/t40?,41-,42+/m0/s1. The van der Waals surface area contributed by atoms with Gasteiger partial charge in [-0.15, -0.1) is 0 Å². The van der Waals surface area contributed by atoms with E-state index in [1.807, 2.05) is 49.5 Å². The van der Waals surface area contributed by atoms with Crippen LogP contribution in [0.25, 0.3) is 0 Å². The lowest BCUT2D eigenvalue weighted by Gasteiger charge is -2.20. The molecule has 0 saturated carbocycles. The monoisotopic (exact) mass is 811 g/mol. The fraction of sp³-hybridized carbons (Fsp3) is 0.682. The Hall–Kier alpha value is -2.63. The zero-order valence-electron chi connectivity index (χ0n) is 34.4. The maximum Gasteiger partial charge on any atom is 0.472 e. The van der Waals surface area contributed by atoms with Gasteiger partial charge < -0.3 is 29.7 Å². The zero-order chi connectivity index (χ0) is 41.4. The van der Waals surface area contributed by atoms with Gasteiger partial charge in [-0.25, -0.2) is 4.57 Å². The predicted octanol–water partition coefficient (Wildman–Crippen LogP) is 9.86. The summed E-state index contributed by atoms with van der Waals surface area (Å²) in [6, 6.07) is 0. The molecular weight excluding hydrogens is 735 g/mol. The summed E-state index contributed by atoms with van der Waals surface area (Å²) in [5.41, 5.74) is 0. The number of esters is 2. The first-order valence-corrected chi connectivity index (χ1v) is 22.5. The number of carbonyl (C=O) groups is 2. The molecule has 0 aliphatic carbocycles.